The highest BCUT2D eigenvalue weighted by Crippen LogP contribution is 2.25. The second kappa shape index (κ2) is 7.43. The van der Waals surface area contributed by atoms with E-state index in [1.807, 2.05) is 0 Å². The summed E-state index contributed by atoms with van der Waals surface area (Å²) < 4.78 is 25.7. The van der Waals surface area contributed by atoms with Crippen molar-refractivity contribution < 1.29 is 23.1 Å². The number of rotatable bonds is 6. The van der Waals surface area contributed by atoms with E-state index in [9.17, 15) is 18.0 Å². The van der Waals surface area contributed by atoms with E-state index in [0.717, 1.165) is 0 Å². The molecule has 3 rings (SSSR count). The van der Waals surface area contributed by atoms with E-state index >= 15 is 0 Å². The number of aliphatic hydroxyl groups excluding tert-OH is 1. The second-order valence-corrected chi connectivity index (χ2v) is 8.30. The van der Waals surface area contributed by atoms with Crippen LogP contribution >= 0.6 is 0 Å². The zero-order chi connectivity index (χ0) is 18.7. The van der Waals surface area contributed by atoms with Gasteiger partial charge in [0.1, 0.15) is 6.04 Å². The van der Waals surface area contributed by atoms with Crippen LogP contribution in [-0.4, -0.2) is 42.1 Å². The summed E-state index contributed by atoms with van der Waals surface area (Å²) in [6, 6.07) is 9.30. The number of fused-ring (bicyclic) bond motifs is 1. The lowest BCUT2D eigenvalue weighted by molar-refractivity contribution is -0.124. The highest BCUT2D eigenvalue weighted by atomic mass is 32.2. The number of carbonyl (C=O) groups excluding carboxylic acids is 2. The van der Waals surface area contributed by atoms with Crippen LogP contribution < -0.4 is 5.32 Å². The minimum absolute atomic E-state index is 0.0286. The largest absolute Gasteiger partial charge is 0.395 e. The maximum Gasteiger partial charge on any atom is 0.243 e. The molecule has 1 aromatic carbocycles. The van der Waals surface area contributed by atoms with Crippen LogP contribution in [0.5, 0.6) is 0 Å². The summed E-state index contributed by atoms with van der Waals surface area (Å²) >= 11 is 0. The molecule has 138 valence electrons. The van der Waals surface area contributed by atoms with Crippen molar-refractivity contribution in [2.45, 2.75) is 30.3 Å². The molecule has 1 aromatic heterocycles. The van der Waals surface area contributed by atoms with Crippen LogP contribution in [0, 0.1) is 0 Å². The van der Waals surface area contributed by atoms with Crippen molar-refractivity contribution in [2.24, 2.45) is 0 Å². The molecule has 1 aliphatic heterocycles. The van der Waals surface area contributed by atoms with Crippen LogP contribution in [0.4, 0.5) is 0 Å². The van der Waals surface area contributed by atoms with E-state index < -0.39 is 22.5 Å². The molecule has 1 unspecified atom stereocenters. The van der Waals surface area contributed by atoms with Crippen molar-refractivity contribution >= 4 is 21.5 Å². The van der Waals surface area contributed by atoms with Gasteiger partial charge >= 0.3 is 0 Å². The van der Waals surface area contributed by atoms with Gasteiger partial charge in [-0.1, -0.05) is 12.1 Å². The van der Waals surface area contributed by atoms with Gasteiger partial charge in [0.25, 0.3) is 0 Å². The van der Waals surface area contributed by atoms with E-state index in [1.54, 1.807) is 35.0 Å². The zero-order valence-corrected chi connectivity index (χ0v) is 14.9. The lowest BCUT2D eigenvalue weighted by Gasteiger charge is -2.24. The summed E-state index contributed by atoms with van der Waals surface area (Å²) in [4.78, 5) is 24.5. The van der Waals surface area contributed by atoms with Gasteiger partial charge in [0.05, 0.1) is 22.9 Å². The van der Waals surface area contributed by atoms with Crippen LogP contribution in [0.25, 0.3) is 0 Å². The normalized spacial score (nSPS) is 17.0. The molecule has 1 aliphatic rings. The minimum atomic E-state index is -3.53. The van der Waals surface area contributed by atoms with Crippen molar-refractivity contribution in [1.82, 2.24) is 9.88 Å². The molecule has 26 heavy (non-hydrogen) atoms. The number of nitrogens with zero attached hydrogens (tertiary/aromatic N) is 1. The van der Waals surface area contributed by atoms with E-state index in [2.05, 4.69) is 5.32 Å². The molecule has 0 saturated heterocycles. The van der Waals surface area contributed by atoms with Crippen molar-refractivity contribution in [2.75, 3.05) is 12.4 Å². The predicted octanol–water partition coefficient (Wildman–Crippen LogP) is 1.09. The van der Waals surface area contributed by atoms with Crippen LogP contribution in [0.15, 0.2) is 47.5 Å². The fourth-order valence-electron chi connectivity index (χ4n) is 3.09. The molecular formula is C18H20N2O5S. The van der Waals surface area contributed by atoms with E-state index in [0.29, 0.717) is 24.1 Å². The minimum Gasteiger partial charge on any atom is -0.395 e. The Bertz CT molecular complexity index is 933. The third-order valence-corrected chi connectivity index (χ3v) is 6.12. The fourth-order valence-corrected chi connectivity index (χ4v) is 4.18. The van der Waals surface area contributed by atoms with Gasteiger partial charge in [0, 0.05) is 19.2 Å². The number of nitrogens with one attached hydrogen (secondary N) is 1. The zero-order valence-electron chi connectivity index (χ0n) is 14.1. The Morgan fingerprint density at radius 3 is 2.85 bits per heavy atom. The second-order valence-electron chi connectivity index (χ2n) is 6.19. The number of aromatic nitrogens is 1. The monoisotopic (exact) mass is 376 g/mol. The highest BCUT2D eigenvalue weighted by Gasteiger charge is 2.29. The first-order valence-corrected chi connectivity index (χ1v) is 9.98. The van der Waals surface area contributed by atoms with Crippen LogP contribution in [0.3, 0.4) is 0 Å². The lowest BCUT2D eigenvalue weighted by atomic mass is 10.0. The molecule has 0 aliphatic carbocycles. The molecule has 2 N–H and O–H groups in total. The Balaban J connectivity index is 1.70. The molecule has 0 radical (unpaired) electrons. The summed E-state index contributed by atoms with van der Waals surface area (Å²) in [5, 5.41) is 11.7. The van der Waals surface area contributed by atoms with E-state index in [-0.39, 0.29) is 28.9 Å². The van der Waals surface area contributed by atoms with Crippen molar-refractivity contribution in [1.29, 1.82) is 0 Å². The number of amides is 1. The van der Waals surface area contributed by atoms with Gasteiger partial charge in [-0.2, -0.15) is 0 Å². The number of benzene rings is 1. The third kappa shape index (κ3) is 3.71. The number of sulfone groups is 1. The highest BCUT2D eigenvalue weighted by molar-refractivity contribution is 7.91. The quantitative estimate of drug-likeness (QED) is 0.785. The summed E-state index contributed by atoms with van der Waals surface area (Å²) in [5.74, 6) is -0.519. The third-order valence-electron chi connectivity index (χ3n) is 4.43. The molecule has 0 spiro atoms. The Morgan fingerprint density at radius 1 is 1.27 bits per heavy atom. The Kier molecular flexibility index (Phi) is 5.24. The number of carbonyl (C=O) groups is 2. The van der Waals surface area contributed by atoms with Crippen LogP contribution in [0.2, 0.25) is 0 Å². The predicted molar refractivity (Wildman–Crippen MR) is 94.5 cm³/mol. The van der Waals surface area contributed by atoms with Gasteiger partial charge in [-0.3, -0.25) is 9.59 Å². The van der Waals surface area contributed by atoms with Gasteiger partial charge in [-0.05, 0) is 36.2 Å². The molecule has 2 heterocycles. The summed E-state index contributed by atoms with van der Waals surface area (Å²) in [5.41, 5.74) is 1.19. The molecule has 0 bridgehead atoms. The molecular weight excluding hydrogens is 356 g/mol. The van der Waals surface area contributed by atoms with Crippen molar-refractivity contribution in [3.8, 4) is 0 Å². The molecule has 1 atom stereocenters. The van der Waals surface area contributed by atoms with Crippen LogP contribution in [-0.2, 0) is 21.2 Å². The number of aliphatic hydroxyl groups is 1. The maximum atomic E-state index is 12.5. The van der Waals surface area contributed by atoms with Gasteiger partial charge < -0.3 is 15.0 Å². The summed E-state index contributed by atoms with van der Waals surface area (Å²) in [6.45, 7) is -0.259. The Hall–Kier alpha value is -2.45. The number of hydrogen-bond acceptors (Lipinski definition) is 5. The van der Waals surface area contributed by atoms with Gasteiger partial charge in [0.2, 0.25) is 5.91 Å². The van der Waals surface area contributed by atoms with E-state index in [4.69, 9.17) is 5.11 Å². The first-order valence-electron chi connectivity index (χ1n) is 8.32. The fraction of sp³-hybridized carbons (Fsp3) is 0.333. The molecule has 1 amide bonds. The Labute approximate surface area is 151 Å². The molecule has 0 fully saturated rings. The van der Waals surface area contributed by atoms with Gasteiger partial charge in [-0.25, -0.2) is 8.42 Å². The Morgan fingerprint density at radius 2 is 2.08 bits per heavy atom. The molecule has 7 nitrogen and oxygen atoms in total. The first kappa shape index (κ1) is 18.3. The SMILES string of the molecule is O=C1CCC(C(=O)NCc2cccc(S(=O)(=O)CCO)c2)n2cccc21. The van der Waals surface area contributed by atoms with Crippen molar-refractivity contribution in [3.63, 3.8) is 0 Å². The topological polar surface area (TPSA) is 105 Å². The van der Waals surface area contributed by atoms with E-state index in [1.165, 1.54) is 12.1 Å². The summed E-state index contributed by atoms with van der Waals surface area (Å²) in [6.07, 6.45) is 2.49. The molecule has 2 aromatic rings. The lowest BCUT2D eigenvalue weighted by Crippen LogP contribution is -2.35. The maximum absolute atomic E-state index is 12.5. The first-order chi connectivity index (χ1) is 12.4. The van der Waals surface area contributed by atoms with Crippen molar-refractivity contribution in [3.05, 3.63) is 53.9 Å². The molecule has 8 heteroatoms. The number of ketones is 1. The standard InChI is InChI=1S/C18H20N2O5S/c21-9-10-26(24,25)14-4-1-3-13(11-14)12-19-18(23)16-6-7-17(22)15-5-2-8-20(15)16/h1-5,8,11,16,21H,6-7,9-10,12H2,(H,19,23). The van der Waals surface area contributed by atoms with Crippen LogP contribution in [0.1, 0.15) is 34.9 Å². The average Bonchev–Trinajstić information content (AvgIpc) is 3.11. The number of Topliss-reactive ketones (excluding diaryl/α,β-unsaturated/α-hetero) is 1. The smallest absolute Gasteiger partial charge is 0.243 e. The van der Waals surface area contributed by atoms with Gasteiger partial charge in [-0.15, -0.1) is 0 Å². The number of hydrogen-bond donors (Lipinski definition) is 2. The average molecular weight is 376 g/mol. The summed E-state index contributed by atoms with van der Waals surface area (Å²) in [7, 11) is -3.53. The molecule has 0 saturated carbocycles. The van der Waals surface area contributed by atoms with Gasteiger partial charge in [0.15, 0.2) is 15.6 Å².